The SMILES string of the molecule is C=CC(=O)OC(C)COC(=O)CCc1cc(-c2cccc3[nH]nnc23)c(O)c(C(C)(C)C)c1. The van der Waals surface area contributed by atoms with E-state index < -0.39 is 18.0 Å². The van der Waals surface area contributed by atoms with Crippen LogP contribution in [0.25, 0.3) is 22.2 Å². The molecule has 0 saturated heterocycles. The molecule has 2 aromatic carbocycles. The number of nitrogens with one attached hydrogen (secondary N) is 1. The number of carbonyl (C=O) groups excluding carboxylic acids is 2. The Balaban J connectivity index is 1.82. The lowest BCUT2D eigenvalue weighted by atomic mass is 9.82. The van der Waals surface area contributed by atoms with Gasteiger partial charge in [0, 0.05) is 29.2 Å². The zero-order chi connectivity index (χ0) is 24.2. The van der Waals surface area contributed by atoms with Gasteiger partial charge < -0.3 is 14.6 Å². The first-order chi connectivity index (χ1) is 15.6. The van der Waals surface area contributed by atoms with E-state index in [1.807, 2.05) is 51.1 Å². The molecule has 174 valence electrons. The summed E-state index contributed by atoms with van der Waals surface area (Å²) in [5.74, 6) is -0.781. The highest BCUT2D eigenvalue weighted by Gasteiger charge is 2.23. The second-order valence-corrected chi connectivity index (χ2v) is 8.94. The van der Waals surface area contributed by atoms with Gasteiger partial charge in [0.25, 0.3) is 0 Å². The highest BCUT2D eigenvalue weighted by molar-refractivity contribution is 5.93. The summed E-state index contributed by atoms with van der Waals surface area (Å²) in [4.78, 5) is 23.5. The predicted molar refractivity (Wildman–Crippen MR) is 125 cm³/mol. The fourth-order valence-corrected chi connectivity index (χ4v) is 3.51. The molecule has 0 amide bonds. The molecule has 3 rings (SSSR count). The maximum atomic E-state index is 12.3. The number of ether oxygens (including phenoxy) is 2. The van der Waals surface area contributed by atoms with Crippen LogP contribution >= 0.6 is 0 Å². The topological polar surface area (TPSA) is 114 Å². The normalized spacial score (nSPS) is 12.4. The van der Waals surface area contributed by atoms with Crippen LogP contribution in [-0.4, -0.2) is 45.2 Å². The summed E-state index contributed by atoms with van der Waals surface area (Å²) in [7, 11) is 0. The Hall–Kier alpha value is -3.68. The fraction of sp³-hybridized carbons (Fsp3) is 0.360. The van der Waals surface area contributed by atoms with Gasteiger partial charge >= 0.3 is 11.9 Å². The lowest BCUT2D eigenvalue weighted by Crippen LogP contribution is -2.21. The molecular weight excluding hydrogens is 422 g/mol. The predicted octanol–water partition coefficient (Wildman–Crippen LogP) is 4.22. The molecule has 1 heterocycles. The molecule has 33 heavy (non-hydrogen) atoms. The van der Waals surface area contributed by atoms with E-state index in [9.17, 15) is 14.7 Å². The molecule has 1 aromatic heterocycles. The molecular formula is C25H29N3O5. The van der Waals surface area contributed by atoms with E-state index in [2.05, 4.69) is 22.0 Å². The summed E-state index contributed by atoms with van der Waals surface area (Å²) >= 11 is 0. The second kappa shape index (κ2) is 9.85. The lowest BCUT2D eigenvalue weighted by Gasteiger charge is -2.23. The number of aromatic amines is 1. The Labute approximate surface area is 192 Å². The van der Waals surface area contributed by atoms with Gasteiger partial charge in [0.1, 0.15) is 24.0 Å². The molecule has 8 heteroatoms. The number of fused-ring (bicyclic) bond motifs is 1. The first kappa shape index (κ1) is 24.0. The van der Waals surface area contributed by atoms with E-state index in [1.54, 1.807) is 6.92 Å². The molecule has 0 aliphatic rings. The van der Waals surface area contributed by atoms with E-state index in [4.69, 9.17) is 9.47 Å². The summed E-state index contributed by atoms with van der Waals surface area (Å²) < 4.78 is 10.2. The van der Waals surface area contributed by atoms with Gasteiger partial charge in [-0.05, 0) is 36.5 Å². The van der Waals surface area contributed by atoms with Crippen LogP contribution in [0, 0.1) is 0 Å². The Kier molecular flexibility index (Phi) is 7.16. The van der Waals surface area contributed by atoms with Crippen molar-refractivity contribution < 1.29 is 24.2 Å². The van der Waals surface area contributed by atoms with E-state index in [0.29, 0.717) is 17.5 Å². The van der Waals surface area contributed by atoms with Crippen LogP contribution in [0.5, 0.6) is 5.75 Å². The molecule has 3 aromatic rings. The number of hydrogen-bond acceptors (Lipinski definition) is 7. The van der Waals surface area contributed by atoms with Crippen molar-refractivity contribution in [1.82, 2.24) is 15.4 Å². The third kappa shape index (κ3) is 5.77. The number of aromatic hydroxyl groups is 1. The van der Waals surface area contributed by atoms with Crippen molar-refractivity contribution in [2.24, 2.45) is 0 Å². The second-order valence-electron chi connectivity index (χ2n) is 8.94. The summed E-state index contributed by atoms with van der Waals surface area (Å²) in [5.41, 5.74) is 4.15. The Morgan fingerprint density at radius 3 is 2.70 bits per heavy atom. The number of aromatic nitrogens is 3. The van der Waals surface area contributed by atoms with Crippen molar-refractivity contribution in [2.75, 3.05) is 6.61 Å². The number of benzene rings is 2. The molecule has 2 N–H and O–H groups in total. The van der Waals surface area contributed by atoms with Crippen molar-refractivity contribution in [3.63, 3.8) is 0 Å². The average molecular weight is 452 g/mol. The Morgan fingerprint density at radius 2 is 2.00 bits per heavy atom. The van der Waals surface area contributed by atoms with Gasteiger partial charge in [0.05, 0.1) is 5.52 Å². The smallest absolute Gasteiger partial charge is 0.330 e. The van der Waals surface area contributed by atoms with Gasteiger partial charge in [-0.3, -0.25) is 9.89 Å². The van der Waals surface area contributed by atoms with Crippen molar-refractivity contribution in [3.05, 3.63) is 54.1 Å². The molecule has 0 bridgehead atoms. The summed E-state index contributed by atoms with van der Waals surface area (Å²) in [6.45, 7) is 11.0. The number of H-pyrrole nitrogens is 1. The highest BCUT2D eigenvalue weighted by Crippen LogP contribution is 2.41. The fourth-order valence-electron chi connectivity index (χ4n) is 3.51. The molecule has 0 radical (unpaired) electrons. The van der Waals surface area contributed by atoms with Crippen LogP contribution in [0.3, 0.4) is 0 Å². The maximum Gasteiger partial charge on any atom is 0.330 e. The van der Waals surface area contributed by atoms with Gasteiger partial charge in [0.15, 0.2) is 0 Å². The molecule has 1 unspecified atom stereocenters. The maximum absolute atomic E-state index is 12.3. The van der Waals surface area contributed by atoms with Crippen LogP contribution in [-0.2, 0) is 30.9 Å². The van der Waals surface area contributed by atoms with E-state index in [1.165, 1.54) is 0 Å². The van der Waals surface area contributed by atoms with Gasteiger partial charge in [0.2, 0.25) is 0 Å². The summed E-state index contributed by atoms with van der Waals surface area (Å²) in [6.07, 6.45) is 1.07. The van der Waals surface area contributed by atoms with Crippen LogP contribution in [0.1, 0.15) is 45.2 Å². The first-order valence-corrected chi connectivity index (χ1v) is 10.8. The minimum Gasteiger partial charge on any atom is -0.507 e. The summed E-state index contributed by atoms with van der Waals surface area (Å²) in [6, 6.07) is 9.42. The quantitative estimate of drug-likeness (QED) is 0.389. The molecule has 0 saturated carbocycles. The zero-order valence-electron chi connectivity index (χ0n) is 19.3. The van der Waals surface area contributed by atoms with Crippen molar-refractivity contribution >= 4 is 23.0 Å². The third-order valence-electron chi connectivity index (χ3n) is 5.21. The van der Waals surface area contributed by atoms with E-state index in [-0.39, 0.29) is 24.2 Å². The van der Waals surface area contributed by atoms with Gasteiger partial charge in [-0.15, -0.1) is 5.10 Å². The van der Waals surface area contributed by atoms with Gasteiger partial charge in [-0.25, -0.2) is 4.79 Å². The molecule has 0 spiro atoms. The number of nitrogens with zero attached hydrogens (tertiary/aromatic N) is 2. The molecule has 1 atom stereocenters. The van der Waals surface area contributed by atoms with Crippen LogP contribution in [0.15, 0.2) is 43.0 Å². The standard InChI is InChI=1S/C25H29N3O5/c1-6-21(29)33-15(2)14-32-22(30)11-10-16-12-18(24(31)19(13-16)25(3,4)5)17-8-7-9-20-23(17)27-28-26-20/h6-9,12-13,15,31H,1,10-11,14H2,2-5H3,(H,26,27,28). The van der Waals surface area contributed by atoms with Crippen molar-refractivity contribution in [2.45, 2.75) is 52.1 Å². The van der Waals surface area contributed by atoms with Crippen molar-refractivity contribution in [3.8, 4) is 16.9 Å². The number of esters is 2. The number of hydrogen-bond donors (Lipinski definition) is 2. The van der Waals surface area contributed by atoms with Crippen LogP contribution in [0.4, 0.5) is 0 Å². The molecule has 0 fully saturated rings. The number of carbonyl (C=O) groups is 2. The number of aryl methyl sites for hydroxylation is 1. The van der Waals surface area contributed by atoms with Gasteiger partial charge in [-0.1, -0.05) is 50.8 Å². The molecule has 8 nitrogen and oxygen atoms in total. The average Bonchev–Trinajstić information content (AvgIpc) is 3.25. The number of phenolic OH excluding ortho intramolecular Hbond substituents is 1. The number of rotatable bonds is 8. The molecule has 0 aliphatic carbocycles. The minimum absolute atomic E-state index is 0.0271. The monoisotopic (exact) mass is 451 g/mol. The lowest BCUT2D eigenvalue weighted by molar-refractivity contribution is -0.154. The van der Waals surface area contributed by atoms with Crippen molar-refractivity contribution in [1.29, 1.82) is 0 Å². The van der Waals surface area contributed by atoms with E-state index in [0.717, 1.165) is 28.3 Å². The molecule has 0 aliphatic heterocycles. The van der Waals surface area contributed by atoms with E-state index >= 15 is 0 Å². The number of phenols is 1. The first-order valence-electron chi connectivity index (χ1n) is 10.8. The Morgan fingerprint density at radius 1 is 1.24 bits per heavy atom. The summed E-state index contributed by atoms with van der Waals surface area (Å²) in [5, 5.41) is 22.0. The zero-order valence-corrected chi connectivity index (χ0v) is 19.3. The van der Waals surface area contributed by atoms with Crippen LogP contribution in [0.2, 0.25) is 0 Å². The highest BCUT2D eigenvalue weighted by atomic mass is 16.6. The van der Waals surface area contributed by atoms with Crippen LogP contribution < -0.4 is 0 Å². The largest absolute Gasteiger partial charge is 0.507 e. The Bertz CT molecular complexity index is 1180. The minimum atomic E-state index is -0.563. The van der Waals surface area contributed by atoms with Gasteiger partial charge in [-0.2, -0.15) is 0 Å². The third-order valence-corrected chi connectivity index (χ3v) is 5.21.